The molecule has 0 saturated carbocycles. The Morgan fingerprint density at radius 2 is 1.03 bits per heavy atom. The monoisotopic (exact) mass is 829 g/mol. The summed E-state index contributed by atoms with van der Waals surface area (Å²) in [6.07, 6.45) is 51.4. The van der Waals surface area contributed by atoms with Gasteiger partial charge in [0.05, 0.1) is 19.6 Å². The van der Waals surface area contributed by atoms with Crippen LogP contribution in [0.25, 0.3) is 0 Å². The summed E-state index contributed by atoms with van der Waals surface area (Å²) in [5, 5.41) is 21.7. The Hall–Kier alpha value is -3.86. The maximum absolute atomic E-state index is 12.3. The van der Waals surface area contributed by atoms with Crippen LogP contribution in [0.1, 0.15) is 129 Å². The zero-order valence-electron chi connectivity index (χ0n) is 35.0. The molecule has 0 aliphatic rings. The quantitative estimate of drug-likeness (QED) is 0.0205. The third-order valence-corrected chi connectivity index (χ3v) is 9.01. The van der Waals surface area contributed by atoms with Gasteiger partial charge in [-0.05, 0) is 77.0 Å². The zero-order chi connectivity index (χ0) is 42.8. The number of rotatable bonds is 37. The van der Waals surface area contributed by atoms with Crippen LogP contribution in [0, 0.1) is 0 Å². The van der Waals surface area contributed by atoms with E-state index in [1.165, 1.54) is 0 Å². The van der Waals surface area contributed by atoms with Gasteiger partial charge >= 0.3 is 19.8 Å². The van der Waals surface area contributed by atoms with Crippen molar-refractivity contribution in [1.29, 1.82) is 0 Å². The lowest BCUT2D eigenvalue weighted by atomic mass is 10.1. The molecule has 0 rings (SSSR count). The summed E-state index contributed by atoms with van der Waals surface area (Å²) in [7, 11) is -4.79. The molecule has 0 aliphatic heterocycles. The van der Waals surface area contributed by atoms with Crippen LogP contribution in [-0.2, 0) is 32.7 Å². The molecule has 0 radical (unpaired) electrons. The Morgan fingerprint density at radius 3 is 1.55 bits per heavy atom. The first-order valence-electron chi connectivity index (χ1n) is 20.9. The number of carboxylic acid groups (broad SMARTS) is 1. The summed E-state index contributed by atoms with van der Waals surface area (Å²) < 4.78 is 26.7. The highest BCUT2D eigenvalue weighted by Gasteiger charge is 2.28. The summed E-state index contributed by atoms with van der Waals surface area (Å²) in [4.78, 5) is 45.8. The molecule has 3 atom stereocenters. The summed E-state index contributed by atoms with van der Waals surface area (Å²) in [6, 6.07) is -1.57. The lowest BCUT2D eigenvalue weighted by molar-refractivity contribution is -0.146. The number of carbonyl (C=O) groups excluding carboxylic acids is 2. The topological polar surface area (TPSA) is 169 Å². The van der Waals surface area contributed by atoms with Gasteiger partial charge in [0.1, 0.15) is 12.7 Å². The van der Waals surface area contributed by atoms with E-state index >= 15 is 0 Å². The standard InChI is InChI=1S/C46H72NO10P/c1-3-5-7-9-11-13-15-17-18-19-20-21-22-23-24-26-28-30-32-34-36-38-45(50)55-39-42(48)40-56-58(53,54)57-41-43(46(51)52)47-44(49)37-35-33-31-29-27-25-16-14-12-10-8-6-4-2/h5,7-8,10-11,13-14,16-18,20-21,23-24,28,30,34,36,42-43,48H,3-4,6,9,12,15,19,22,25-27,29,31-33,35,37-41H2,1-2H3,(H,47,49)(H,51,52)(H,53,54)/b7-5-,10-8-,13-11-,16-14-,18-17-,21-20-,24-23-,30-28-,36-34-. The minimum Gasteiger partial charge on any atom is -0.480 e. The number of carboxylic acids is 1. The molecule has 58 heavy (non-hydrogen) atoms. The molecule has 0 bridgehead atoms. The number of hydrogen-bond donors (Lipinski definition) is 4. The molecule has 0 aromatic rings. The fourth-order valence-electron chi connectivity index (χ4n) is 4.85. The fraction of sp³-hybridized carbons (Fsp3) is 0.543. The third-order valence-electron chi connectivity index (χ3n) is 8.06. The highest BCUT2D eigenvalue weighted by Crippen LogP contribution is 2.43. The molecule has 0 aromatic carbocycles. The number of phosphoric acid groups is 1. The summed E-state index contributed by atoms with van der Waals surface area (Å²) >= 11 is 0. The largest absolute Gasteiger partial charge is 0.480 e. The van der Waals surface area contributed by atoms with E-state index in [0.29, 0.717) is 12.8 Å². The van der Waals surface area contributed by atoms with E-state index in [0.717, 1.165) is 89.9 Å². The highest BCUT2D eigenvalue weighted by molar-refractivity contribution is 7.47. The van der Waals surface area contributed by atoms with Crippen LogP contribution >= 0.6 is 7.82 Å². The van der Waals surface area contributed by atoms with Gasteiger partial charge in [-0.1, -0.05) is 149 Å². The van der Waals surface area contributed by atoms with Crippen LogP contribution < -0.4 is 5.32 Å². The second-order valence-electron chi connectivity index (χ2n) is 13.5. The number of ether oxygens (including phenoxy) is 1. The van der Waals surface area contributed by atoms with Crippen molar-refractivity contribution in [1.82, 2.24) is 5.32 Å². The molecule has 3 unspecified atom stereocenters. The van der Waals surface area contributed by atoms with Crippen molar-refractivity contribution in [3.63, 3.8) is 0 Å². The fourth-order valence-corrected chi connectivity index (χ4v) is 5.62. The van der Waals surface area contributed by atoms with Crippen molar-refractivity contribution in [3.05, 3.63) is 109 Å². The minimum absolute atomic E-state index is 0.0183. The number of aliphatic hydroxyl groups excluding tert-OH is 1. The number of esters is 1. The molecule has 0 spiro atoms. The number of allylic oxidation sites excluding steroid dienone is 17. The molecule has 11 nitrogen and oxygen atoms in total. The van der Waals surface area contributed by atoms with Crippen LogP contribution in [0.4, 0.5) is 0 Å². The number of carbonyl (C=O) groups is 3. The van der Waals surface area contributed by atoms with Gasteiger partial charge in [-0.15, -0.1) is 0 Å². The van der Waals surface area contributed by atoms with Crippen molar-refractivity contribution < 1.29 is 47.8 Å². The average Bonchev–Trinajstić information content (AvgIpc) is 3.20. The molecule has 0 fully saturated rings. The van der Waals surface area contributed by atoms with Crippen LogP contribution in [-0.4, -0.2) is 64.9 Å². The molecule has 12 heteroatoms. The van der Waals surface area contributed by atoms with E-state index in [2.05, 4.69) is 104 Å². The second-order valence-corrected chi connectivity index (χ2v) is 14.9. The van der Waals surface area contributed by atoms with E-state index in [9.17, 15) is 34.1 Å². The average molecular weight is 830 g/mol. The van der Waals surface area contributed by atoms with Gasteiger partial charge in [0.25, 0.3) is 0 Å². The number of unbranched alkanes of at least 4 members (excludes halogenated alkanes) is 6. The lowest BCUT2D eigenvalue weighted by Gasteiger charge is -2.18. The number of aliphatic carboxylic acids is 1. The van der Waals surface area contributed by atoms with Crippen LogP contribution in [0.5, 0.6) is 0 Å². The number of phosphoric ester groups is 1. The Labute approximate surface area is 348 Å². The van der Waals surface area contributed by atoms with E-state index in [4.69, 9.17) is 13.8 Å². The van der Waals surface area contributed by atoms with Gasteiger partial charge in [-0.3, -0.25) is 18.6 Å². The van der Waals surface area contributed by atoms with Crippen LogP contribution in [0.3, 0.4) is 0 Å². The molecule has 1 amide bonds. The van der Waals surface area contributed by atoms with E-state index in [1.54, 1.807) is 6.08 Å². The Kier molecular flexibility index (Phi) is 37.3. The summed E-state index contributed by atoms with van der Waals surface area (Å²) in [6.45, 7) is 2.26. The van der Waals surface area contributed by atoms with Gasteiger partial charge in [-0.2, -0.15) is 0 Å². The van der Waals surface area contributed by atoms with Crippen molar-refractivity contribution >= 4 is 25.7 Å². The van der Waals surface area contributed by atoms with E-state index in [1.807, 2.05) is 18.2 Å². The Morgan fingerprint density at radius 1 is 0.586 bits per heavy atom. The minimum atomic E-state index is -4.79. The number of amides is 1. The smallest absolute Gasteiger partial charge is 0.472 e. The molecule has 0 heterocycles. The maximum atomic E-state index is 12.3. The predicted octanol–water partition coefficient (Wildman–Crippen LogP) is 10.7. The first kappa shape index (κ1) is 54.1. The van der Waals surface area contributed by atoms with E-state index in [-0.39, 0.29) is 12.8 Å². The van der Waals surface area contributed by atoms with Crippen molar-refractivity contribution in [2.75, 3.05) is 19.8 Å². The van der Waals surface area contributed by atoms with Crippen LogP contribution in [0.2, 0.25) is 0 Å². The summed E-state index contributed by atoms with van der Waals surface area (Å²) in [5.74, 6) is -2.55. The Bertz CT molecular complexity index is 1390. The molecule has 0 saturated heterocycles. The van der Waals surface area contributed by atoms with Crippen molar-refractivity contribution in [3.8, 4) is 0 Å². The van der Waals surface area contributed by atoms with Gasteiger partial charge in [0.15, 0.2) is 6.04 Å². The molecule has 0 aliphatic carbocycles. The number of aliphatic hydroxyl groups is 1. The summed E-state index contributed by atoms with van der Waals surface area (Å²) in [5.41, 5.74) is 0. The number of nitrogens with one attached hydrogen (secondary N) is 1. The second kappa shape index (κ2) is 39.9. The van der Waals surface area contributed by atoms with Gasteiger partial charge < -0.3 is 25.2 Å². The van der Waals surface area contributed by atoms with Crippen molar-refractivity contribution in [2.24, 2.45) is 0 Å². The predicted molar refractivity (Wildman–Crippen MR) is 235 cm³/mol. The lowest BCUT2D eigenvalue weighted by Crippen LogP contribution is -2.43. The van der Waals surface area contributed by atoms with Crippen LogP contribution in [0.15, 0.2) is 109 Å². The van der Waals surface area contributed by atoms with Gasteiger partial charge in [0, 0.05) is 6.42 Å². The molecular formula is C46H72NO10P. The Balaban J connectivity index is 4.08. The maximum Gasteiger partial charge on any atom is 0.472 e. The molecule has 4 N–H and O–H groups in total. The molecular weight excluding hydrogens is 757 g/mol. The first-order chi connectivity index (χ1) is 28.1. The highest BCUT2D eigenvalue weighted by atomic mass is 31.2. The zero-order valence-corrected chi connectivity index (χ0v) is 35.9. The van der Waals surface area contributed by atoms with E-state index < -0.39 is 57.6 Å². The first-order valence-corrected chi connectivity index (χ1v) is 22.4. The van der Waals surface area contributed by atoms with Gasteiger partial charge in [-0.25, -0.2) is 9.36 Å². The normalized spacial score (nSPS) is 14.8. The van der Waals surface area contributed by atoms with Crippen molar-refractivity contribution in [2.45, 2.75) is 142 Å². The molecule has 326 valence electrons. The molecule has 0 aromatic heterocycles. The number of hydrogen-bond acceptors (Lipinski definition) is 8. The third kappa shape index (κ3) is 39.0. The van der Waals surface area contributed by atoms with Gasteiger partial charge in [0.2, 0.25) is 5.91 Å². The SMILES string of the molecule is CC/C=C\C/C=C\C/C=C\C/C=C\C/C=C\C/C=C\C/C=C\CC(=O)OCC(O)COP(=O)(O)OCC(NC(=O)CCCCCCC/C=C\C/C=C\CCC)C(=O)O.